The van der Waals surface area contributed by atoms with Crippen LogP contribution in [0.1, 0.15) is 25.3 Å². The molecule has 0 spiro atoms. The molecule has 0 aliphatic rings. The molecular formula is C16H17NO3. The molecule has 0 atom stereocenters. The largest absolute Gasteiger partial charge is 0.494 e. The van der Waals surface area contributed by atoms with Gasteiger partial charge in [0.15, 0.2) is 0 Å². The Morgan fingerprint density at radius 3 is 2.65 bits per heavy atom. The Hall–Kier alpha value is -2.54. The molecule has 104 valence electrons. The van der Waals surface area contributed by atoms with Gasteiger partial charge in [0, 0.05) is 0 Å². The minimum Gasteiger partial charge on any atom is -0.494 e. The number of nitrogens with zero attached hydrogens (tertiary/aromatic N) is 1. The van der Waals surface area contributed by atoms with E-state index in [0.717, 1.165) is 24.2 Å². The number of nitriles is 1. The minimum absolute atomic E-state index is 0.291. The number of unbranched alkanes of at least 4 members (excludes halogenated alkanes) is 1. The first-order valence-corrected chi connectivity index (χ1v) is 6.42. The fraction of sp³-hybridized carbons (Fsp3) is 0.250. The highest BCUT2D eigenvalue weighted by molar-refractivity contribution is 5.91. The number of carboxylic acids is 1. The van der Waals surface area contributed by atoms with E-state index in [1.807, 2.05) is 24.3 Å². The van der Waals surface area contributed by atoms with Crippen LogP contribution in [0.3, 0.4) is 0 Å². The van der Waals surface area contributed by atoms with Gasteiger partial charge < -0.3 is 9.84 Å². The van der Waals surface area contributed by atoms with Crippen LogP contribution in [0.15, 0.2) is 42.0 Å². The Morgan fingerprint density at radius 2 is 2.10 bits per heavy atom. The number of carbonyl (C=O) groups is 1. The fourth-order valence-corrected chi connectivity index (χ4v) is 1.42. The Balaban J connectivity index is 2.61. The monoisotopic (exact) mass is 271 g/mol. The lowest BCUT2D eigenvalue weighted by Gasteiger charge is -2.04. The average molecular weight is 271 g/mol. The van der Waals surface area contributed by atoms with Crippen molar-refractivity contribution in [3.05, 3.63) is 47.6 Å². The minimum atomic E-state index is -1.23. The number of benzene rings is 1. The van der Waals surface area contributed by atoms with E-state index in [-0.39, 0.29) is 5.57 Å². The van der Waals surface area contributed by atoms with Gasteiger partial charge in [-0.15, -0.1) is 0 Å². The van der Waals surface area contributed by atoms with Crippen LogP contribution in [0.25, 0.3) is 6.08 Å². The van der Waals surface area contributed by atoms with Crippen molar-refractivity contribution in [2.24, 2.45) is 0 Å². The maximum absolute atomic E-state index is 10.6. The van der Waals surface area contributed by atoms with Gasteiger partial charge in [-0.05, 0) is 30.2 Å². The lowest BCUT2D eigenvalue weighted by Crippen LogP contribution is -1.96. The van der Waals surface area contributed by atoms with Crippen molar-refractivity contribution in [2.45, 2.75) is 19.8 Å². The van der Waals surface area contributed by atoms with Crippen LogP contribution in [-0.4, -0.2) is 17.7 Å². The first kappa shape index (κ1) is 15.5. The molecule has 0 aliphatic carbocycles. The third kappa shape index (κ3) is 5.40. The summed E-state index contributed by atoms with van der Waals surface area (Å²) in [7, 11) is 0. The van der Waals surface area contributed by atoms with Crippen molar-refractivity contribution in [1.29, 1.82) is 5.26 Å². The second-order valence-corrected chi connectivity index (χ2v) is 4.13. The van der Waals surface area contributed by atoms with Crippen molar-refractivity contribution >= 4 is 12.0 Å². The zero-order chi connectivity index (χ0) is 14.8. The van der Waals surface area contributed by atoms with Gasteiger partial charge in [-0.3, -0.25) is 0 Å². The summed E-state index contributed by atoms with van der Waals surface area (Å²) in [6.45, 7) is 2.82. The van der Waals surface area contributed by atoms with Gasteiger partial charge in [-0.2, -0.15) is 5.26 Å². The Kier molecular flexibility index (Phi) is 6.63. The third-order valence-corrected chi connectivity index (χ3v) is 2.55. The SMILES string of the molecule is CCCCOc1ccc(/C=C/C=C(\C#N)C(=O)O)cc1. The number of aliphatic carboxylic acids is 1. The van der Waals surface area contributed by atoms with Gasteiger partial charge in [-0.1, -0.05) is 37.6 Å². The van der Waals surface area contributed by atoms with Crippen LogP contribution < -0.4 is 4.74 Å². The third-order valence-electron chi connectivity index (χ3n) is 2.55. The zero-order valence-electron chi connectivity index (χ0n) is 11.4. The molecule has 20 heavy (non-hydrogen) atoms. The van der Waals surface area contributed by atoms with E-state index in [9.17, 15) is 4.79 Å². The Bertz CT molecular complexity index is 536. The van der Waals surface area contributed by atoms with Crippen LogP contribution in [0, 0.1) is 11.3 Å². The molecule has 1 aromatic rings. The Morgan fingerprint density at radius 1 is 1.40 bits per heavy atom. The molecule has 1 N–H and O–H groups in total. The van der Waals surface area contributed by atoms with Gasteiger partial charge >= 0.3 is 5.97 Å². The second kappa shape index (κ2) is 8.54. The maximum Gasteiger partial charge on any atom is 0.346 e. The predicted octanol–water partition coefficient (Wildman–Crippen LogP) is 3.41. The maximum atomic E-state index is 10.6. The molecule has 1 aromatic carbocycles. The molecule has 0 aromatic heterocycles. The number of carboxylic acid groups (broad SMARTS) is 1. The molecule has 0 aliphatic heterocycles. The van der Waals surface area contributed by atoms with Crippen LogP contribution >= 0.6 is 0 Å². The second-order valence-electron chi connectivity index (χ2n) is 4.13. The van der Waals surface area contributed by atoms with Crippen molar-refractivity contribution in [2.75, 3.05) is 6.61 Å². The summed E-state index contributed by atoms with van der Waals surface area (Å²) < 4.78 is 5.54. The molecule has 0 saturated heterocycles. The van der Waals surface area contributed by atoms with Gasteiger partial charge in [0.05, 0.1) is 6.61 Å². The summed E-state index contributed by atoms with van der Waals surface area (Å²) in [5.74, 6) is -0.411. The molecule has 0 bridgehead atoms. The highest BCUT2D eigenvalue weighted by Crippen LogP contribution is 2.13. The summed E-state index contributed by atoms with van der Waals surface area (Å²) in [5, 5.41) is 17.3. The average Bonchev–Trinajstić information content (AvgIpc) is 2.45. The summed E-state index contributed by atoms with van der Waals surface area (Å²) in [6.07, 6.45) is 6.67. The van der Waals surface area contributed by atoms with Crippen LogP contribution in [0.5, 0.6) is 5.75 Å². The lowest BCUT2D eigenvalue weighted by atomic mass is 10.2. The van der Waals surface area contributed by atoms with E-state index in [2.05, 4.69) is 6.92 Å². The van der Waals surface area contributed by atoms with E-state index in [0.29, 0.717) is 6.61 Å². The highest BCUT2D eigenvalue weighted by atomic mass is 16.5. The Labute approximate surface area is 118 Å². The summed E-state index contributed by atoms with van der Waals surface area (Å²) in [6, 6.07) is 9.09. The quantitative estimate of drug-likeness (QED) is 0.357. The van der Waals surface area contributed by atoms with Gasteiger partial charge in [-0.25, -0.2) is 4.79 Å². The van der Waals surface area contributed by atoms with Crippen molar-refractivity contribution in [3.8, 4) is 11.8 Å². The molecule has 0 radical (unpaired) electrons. The summed E-state index contributed by atoms with van der Waals surface area (Å²) in [4.78, 5) is 10.6. The number of hydrogen-bond donors (Lipinski definition) is 1. The highest BCUT2D eigenvalue weighted by Gasteiger charge is 2.02. The number of ether oxygens (including phenoxy) is 1. The van der Waals surface area contributed by atoms with Crippen molar-refractivity contribution in [1.82, 2.24) is 0 Å². The molecule has 1 rings (SSSR count). The smallest absolute Gasteiger partial charge is 0.346 e. The molecule has 0 fully saturated rings. The topological polar surface area (TPSA) is 70.3 Å². The summed E-state index contributed by atoms with van der Waals surface area (Å²) in [5.41, 5.74) is 0.618. The van der Waals surface area contributed by atoms with Gasteiger partial charge in [0.2, 0.25) is 0 Å². The van der Waals surface area contributed by atoms with Crippen LogP contribution in [0.2, 0.25) is 0 Å². The molecular weight excluding hydrogens is 254 g/mol. The number of allylic oxidation sites excluding steroid dienone is 2. The summed E-state index contributed by atoms with van der Waals surface area (Å²) >= 11 is 0. The van der Waals surface area contributed by atoms with Crippen molar-refractivity contribution < 1.29 is 14.6 Å². The van der Waals surface area contributed by atoms with Gasteiger partial charge in [0.1, 0.15) is 17.4 Å². The van der Waals surface area contributed by atoms with Crippen LogP contribution in [0.4, 0.5) is 0 Å². The van der Waals surface area contributed by atoms with E-state index in [1.165, 1.54) is 6.08 Å². The molecule has 4 nitrogen and oxygen atoms in total. The lowest BCUT2D eigenvalue weighted by molar-refractivity contribution is -0.132. The standard InChI is InChI=1S/C16H17NO3/c1-2-3-11-20-15-9-7-13(8-10-15)5-4-6-14(12-17)16(18)19/h4-10H,2-3,11H2,1H3,(H,18,19)/b5-4+,14-6+. The first-order chi connectivity index (χ1) is 9.67. The molecule has 0 unspecified atom stereocenters. The molecule has 0 saturated carbocycles. The molecule has 4 heteroatoms. The predicted molar refractivity (Wildman–Crippen MR) is 77.2 cm³/mol. The normalized spacial score (nSPS) is 11.3. The van der Waals surface area contributed by atoms with Gasteiger partial charge in [0.25, 0.3) is 0 Å². The fourth-order valence-electron chi connectivity index (χ4n) is 1.42. The number of rotatable bonds is 7. The first-order valence-electron chi connectivity index (χ1n) is 6.42. The van der Waals surface area contributed by atoms with E-state index < -0.39 is 5.97 Å². The number of hydrogen-bond acceptors (Lipinski definition) is 3. The van der Waals surface area contributed by atoms with E-state index in [1.54, 1.807) is 18.2 Å². The van der Waals surface area contributed by atoms with Crippen molar-refractivity contribution in [3.63, 3.8) is 0 Å². The zero-order valence-corrected chi connectivity index (χ0v) is 11.4. The van der Waals surface area contributed by atoms with Crippen LogP contribution in [-0.2, 0) is 4.79 Å². The molecule has 0 amide bonds. The van der Waals surface area contributed by atoms with E-state index >= 15 is 0 Å². The van der Waals surface area contributed by atoms with E-state index in [4.69, 9.17) is 15.1 Å². The molecule has 0 heterocycles.